The fourth-order valence-corrected chi connectivity index (χ4v) is 4.40. The summed E-state index contributed by atoms with van der Waals surface area (Å²) >= 11 is 1.41. The molecule has 1 heterocycles. The number of ether oxygens (including phenoxy) is 1. The Balaban J connectivity index is 1.57. The molecule has 0 saturated heterocycles. The van der Waals surface area contributed by atoms with Gasteiger partial charge in [0, 0.05) is 12.6 Å². The van der Waals surface area contributed by atoms with E-state index in [0.717, 1.165) is 24.4 Å². The van der Waals surface area contributed by atoms with Crippen LogP contribution in [-0.4, -0.2) is 32.5 Å². The summed E-state index contributed by atoms with van der Waals surface area (Å²) in [7, 11) is 0. The van der Waals surface area contributed by atoms with E-state index in [0.29, 0.717) is 30.1 Å². The molecule has 1 aromatic heterocycles. The molecule has 30 heavy (non-hydrogen) atoms. The van der Waals surface area contributed by atoms with Gasteiger partial charge in [-0.2, -0.15) is 0 Å². The molecule has 162 valence electrons. The molecule has 1 saturated carbocycles. The van der Waals surface area contributed by atoms with Crippen LogP contribution in [0, 0.1) is 13.8 Å². The van der Waals surface area contributed by atoms with Crippen molar-refractivity contribution >= 4 is 17.7 Å². The third-order valence-corrected chi connectivity index (χ3v) is 6.47. The SMILES string of the molecule is C=CCn1c(COc2ccc(C)c(C)c2)nnc1SCC(=O)NC1CCCCCC1. The van der Waals surface area contributed by atoms with Gasteiger partial charge in [0.1, 0.15) is 12.4 Å². The van der Waals surface area contributed by atoms with Gasteiger partial charge in [0.25, 0.3) is 0 Å². The van der Waals surface area contributed by atoms with E-state index in [2.05, 4.69) is 35.9 Å². The van der Waals surface area contributed by atoms with Crippen LogP contribution >= 0.6 is 11.8 Å². The first-order valence-electron chi connectivity index (χ1n) is 10.7. The average Bonchev–Trinajstić information content (AvgIpc) is 2.92. The number of rotatable bonds is 9. The number of aryl methyl sites for hydroxylation is 2. The van der Waals surface area contributed by atoms with Crippen LogP contribution in [0.1, 0.15) is 55.5 Å². The molecule has 0 radical (unpaired) electrons. The summed E-state index contributed by atoms with van der Waals surface area (Å²) in [5.74, 6) is 1.93. The maximum absolute atomic E-state index is 12.4. The Morgan fingerprint density at radius 1 is 1.23 bits per heavy atom. The number of hydrogen-bond acceptors (Lipinski definition) is 5. The van der Waals surface area contributed by atoms with Gasteiger partial charge in [-0.15, -0.1) is 16.8 Å². The molecule has 7 heteroatoms. The van der Waals surface area contributed by atoms with E-state index in [4.69, 9.17) is 4.74 Å². The maximum atomic E-state index is 12.4. The van der Waals surface area contributed by atoms with Crippen molar-refractivity contribution in [2.75, 3.05) is 5.75 Å². The highest BCUT2D eigenvalue weighted by molar-refractivity contribution is 7.99. The van der Waals surface area contributed by atoms with Crippen LogP contribution < -0.4 is 10.1 Å². The second-order valence-electron chi connectivity index (χ2n) is 7.88. The third-order valence-electron chi connectivity index (χ3n) is 5.50. The molecule has 1 aliphatic rings. The standard InChI is InChI=1S/C23H32N4O2S/c1-4-13-27-21(15-29-20-12-11-17(2)18(3)14-20)25-26-23(27)30-16-22(28)24-19-9-7-5-6-8-10-19/h4,11-12,14,19H,1,5-10,13,15-16H2,2-3H3,(H,24,28). The van der Waals surface area contributed by atoms with Crippen molar-refractivity contribution < 1.29 is 9.53 Å². The summed E-state index contributed by atoms with van der Waals surface area (Å²) in [4.78, 5) is 12.4. The van der Waals surface area contributed by atoms with E-state index in [-0.39, 0.29) is 5.91 Å². The minimum Gasteiger partial charge on any atom is -0.486 e. The molecule has 1 amide bonds. The minimum absolute atomic E-state index is 0.0629. The van der Waals surface area contributed by atoms with Gasteiger partial charge in [-0.1, -0.05) is 49.6 Å². The van der Waals surface area contributed by atoms with Crippen LogP contribution in [0.25, 0.3) is 0 Å². The van der Waals surface area contributed by atoms with Crippen LogP contribution in [0.5, 0.6) is 5.75 Å². The highest BCUT2D eigenvalue weighted by atomic mass is 32.2. The lowest BCUT2D eigenvalue weighted by Crippen LogP contribution is -2.35. The van der Waals surface area contributed by atoms with E-state index < -0.39 is 0 Å². The number of benzene rings is 1. The number of amides is 1. The zero-order valence-corrected chi connectivity index (χ0v) is 18.8. The van der Waals surface area contributed by atoms with E-state index >= 15 is 0 Å². The molecule has 3 rings (SSSR count). The highest BCUT2D eigenvalue weighted by Gasteiger charge is 2.17. The van der Waals surface area contributed by atoms with E-state index in [9.17, 15) is 4.79 Å². The molecule has 1 aliphatic carbocycles. The van der Waals surface area contributed by atoms with Crippen molar-refractivity contribution in [2.45, 2.75) is 76.7 Å². The van der Waals surface area contributed by atoms with Crippen molar-refractivity contribution in [3.05, 3.63) is 47.8 Å². The molecule has 0 spiro atoms. The van der Waals surface area contributed by atoms with E-state index in [1.54, 1.807) is 6.08 Å². The van der Waals surface area contributed by atoms with Gasteiger partial charge in [0.15, 0.2) is 11.0 Å². The molecular formula is C23H32N4O2S. The molecule has 2 aromatic rings. The highest BCUT2D eigenvalue weighted by Crippen LogP contribution is 2.21. The van der Waals surface area contributed by atoms with Crippen molar-refractivity contribution in [3.8, 4) is 5.75 Å². The van der Waals surface area contributed by atoms with Crippen molar-refractivity contribution in [1.82, 2.24) is 20.1 Å². The lowest BCUT2D eigenvalue weighted by Gasteiger charge is -2.16. The van der Waals surface area contributed by atoms with Crippen molar-refractivity contribution in [2.24, 2.45) is 0 Å². The third kappa shape index (κ3) is 6.36. The summed E-state index contributed by atoms with van der Waals surface area (Å²) in [5.41, 5.74) is 2.42. The molecule has 6 nitrogen and oxygen atoms in total. The zero-order chi connectivity index (χ0) is 21.3. The van der Waals surface area contributed by atoms with Crippen LogP contribution in [0.15, 0.2) is 36.0 Å². The Morgan fingerprint density at radius 3 is 2.70 bits per heavy atom. The van der Waals surface area contributed by atoms with Crippen LogP contribution in [0.2, 0.25) is 0 Å². The number of nitrogens with zero attached hydrogens (tertiary/aromatic N) is 3. The first-order chi connectivity index (χ1) is 14.6. The Bertz CT molecular complexity index is 857. The largest absolute Gasteiger partial charge is 0.486 e. The maximum Gasteiger partial charge on any atom is 0.230 e. The van der Waals surface area contributed by atoms with Gasteiger partial charge in [-0.05, 0) is 49.9 Å². The zero-order valence-electron chi connectivity index (χ0n) is 18.0. The summed E-state index contributed by atoms with van der Waals surface area (Å²) in [6, 6.07) is 6.35. The predicted octanol–water partition coefficient (Wildman–Crippen LogP) is 4.59. The first-order valence-corrected chi connectivity index (χ1v) is 11.7. The number of carbonyl (C=O) groups excluding carboxylic acids is 1. The minimum atomic E-state index is 0.0629. The monoisotopic (exact) mass is 428 g/mol. The number of hydrogen-bond donors (Lipinski definition) is 1. The van der Waals surface area contributed by atoms with Gasteiger partial charge in [0.05, 0.1) is 5.75 Å². The number of nitrogens with one attached hydrogen (secondary N) is 1. The second kappa shape index (κ2) is 11.2. The van der Waals surface area contributed by atoms with Gasteiger partial charge in [-0.3, -0.25) is 9.36 Å². The first kappa shape index (κ1) is 22.4. The smallest absolute Gasteiger partial charge is 0.230 e. The van der Waals surface area contributed by atoms with Crippen molar-refractivity contribution in [1.29, 1.82) is 0 Å². The van der Waals surface area contributed by atoms with Crippen LogP contribution in [-0.2, 0) is 17.9 Å². The lowest BCUT2D eigenvalue weighted by molar-refractivity contribution is -0.119. The lowest BCUT2D eigenvalue weighted by atomic mass is 10.1. The quantitative estimate of drug-likeness (QED) is 0.359. The van der Waals surface area contributed by atoms with Gasteiger partial charge in [0.2, 0.25) is 5.91 Å². The van der Waals surface area contributed by atoms with Crippen molar-refractivity contribution in [3.63, 3.8) is 0 Å². The Kier molecular flexibility index (Phi) is 8.37. The van der Waals surface area contributed by atoms with Crippen LogP contribution in [0.3, 0.4) is 0 Å². The molecule has 1 fully saturated rings. The van der Waals surface area contributed by atoms with Crippen LogP contribution in [0.4, 0.5) is 0 Å². The summed E-state index contributed by atoms with van der Waals surface area (Å²) in [6.45, 7) is 8.87. The summed E-state index contributed by atoms with van der Waals surface area (Å²) < 4.78 is 7.88. The average molecular weight is 429 g/mol. The molecule has 1 aromatic carbocycles. The molecule has 0 aliphatic heterocycles. The molecular weight excluding hydrogens is 396 g/mol. The second-order valence-corrected chi connectivity index (χ2v) is 8.82. The summed E-state index contributed by atoms with van der Waals surface area (Å²) in [6.07, 6.45) is 8.94. The predicted molar refractivity (Wildman–Crippen MR) is 121 cm³/mol. The van der Waals surface area contributed by atoms with E-state index in [1.165, 1.54) is 48.6 Å². The van der Waals surface area contributed by atoms with Gasteiger partial charge < -0.3 is 10.1 Å². The molecule has 0 bridgehead atoms. The van der Waals surface area contributed by atoms with Gasteiger partial charge in [-0.25, -0.2) is 0 Å². The molecule has 0 unspecified atom stereocenters. The number of aromatic nitrogens is 3. The topological polar surface area (TPSA) is 69.0 Å². The summed E-state index contributed by atoms with van der Waals surface area (Å²) in [5, 5.41) is 12.5. The molecule has 1 N–H and O–H groups in total. The molecule has 0 atom stereocenters. The Morgan fingerprint density at radius 2 is 2.00 bits per heavy atom. The number of carbonyl (C=O) groups is 1. The Hall–Kier alpha value is -2.28. The Labute approximate surface area is 183 Å². The number of allylic oxidation sites excluding steroid dienone is 1. The fraction of sp³-hybridized carbons (Fsp3) is 0.522. The normalized spacial score (nSPS) is 14.9. The van der Waals surface area contributed by atoms with E-state index in [1.807, 2.05) is 22.8 Å². The fourth-order valence-electron chi connectivity index (χ4n) is 3.62. The number of thioether (sulfide) groups is 1. The van der Waals surface area contributed by atoms with Gasteiger partial charge >= 0.3 is 0 Å².